The summed E-state index contributed by atoms with van der Waals surface area (Å²) >= 11 is 5.83. The van der Waals surface area contributed by atoms with Crippen LogP contribution in [0.15, 0.2) is 24.3 Å². The van der Waals surface area contributed by atoms with Crippen LogP contribution in [0, 0.1) is 10.1 Å². The molecule has 0 atom stereocenters. The van der Waals surface area contributed by atoms with Gasteiger partial charge in [0.05, 0.1) is 5.02 Å². The number of esters is 2. The molecule has 8 heteroatoms. The lowest BCUT2D eigenvalue weighted by atomic mass is 10.1. The van der Waals surface area contributed by atoms with E-state index in [0.717, 1.165) is 13.8 Å². The van der Waals surface area contributed by atoms with E-state index in [1.54, 1.807) is 0 Å². The van der Waals surface area contributed by atoms with Gasteiger partial charge in [0.25, 0.3) is 0 Å². The minimum Gasteiger partial charge on any atom is -0.359 e. The van der Waals surface area contributed by atoms with Gasteiger partial charge in [0, 0.05) is 13.8 Å². The smallest absolute Gasteiger partial charge is 0.359 e. The van der Waals surface area contributed by atoms with Gasteiger partial charge in [-0.1, -0.05) is 23.7 Å². The molecular weight excluding hydrogens is 278 g/mol. The lowest BCUT2D eigenvalue weighted by Gasteiger charge is -2.23. The molecule has 0 fully saturated rings. The molecule has 0 aliphatic carbocycles. The standard InChI is InChI=1S/C11H10ClNO6/c1-7(14)18-11(13(16)17,19-8(2)15)9-5-3-4-6-10(9)12/h3-6H,1-2H3. The average Bonchev–Trinajstić information content (AvgIpc) is 2.26. The molecule has 102 valence electrons. The molecule has 19 heavy (non-hydrogen) atoms. The Morgan fingerprint density at radius 3 is 2.05 bits per heavy atom. The monoisotopic (exact) mass is 287 g/mol. The van der Waals surface area contributed by atoms with Gasteiger partial charge in [-0.15, -0.1) is 0 Å². The summed E-state index contributed by atoms with van der Waals surface area (Å²) in [4.78, 5) is 32.3. The Labute approximate surface area is 113 Å². The number of hydrogen-bond donors (Lipinski definition) is 0. The van der Waals surface area contributed by atoms with Gasteiger partial charge in [0.1, 0.15) is 10.5 Å². The molecule has 0 spiro atoms. The van der Waals surface area contributed by atoms with Crippen LogP contribution >= 0.6 is 11.6 Å². The van der Waals surface area contributed by atoms with Crippen molar-refractivity contribution in [2.75, 3.05) is 0 Å². The zero-order valence-corrected chi connectivity index (χ0v) is 10.8. The predicted octanol–water partition coefficient (Wildman–Crippen LogP) is 1.85. The van der Waals surface area contributed by atoms with Crippen LogP contribution in [0.4, 0.5) is 0 Å². The number of carbonyl (C=O) groups is 2. The van der Waals surface area contributed by atoms with Gasteiger partial charge >= 0.3 is 17.8 Å². The van der Waals surface area contributed by atoms with Crippen LogP contribution < -0.4 is 0 Å². The van der Waals surface area contributed by atoms with Crippen LogP contribution in [0.25, 0.3) is 0 Å². The van der Waals surface area contributed by atoms with Crippen molar-refractivity contribution in [1.82, 2.24) is 0 Å². The third kappa shape index (κ3) is 3.19. The summed E-state index contributed by atoms with van der Waals surface area (Å²) in [5, 5.41) is 11.2. The Bertz CT molecular complexity index is 514. The lowest BCUT2D eigenvalue weighted by molar-refractivity contribution is -0.688. The Balaban J connectivity index is 3.46. The molecule has 1 rings (SSSR count). The van der Waals surface area contributed by atoms with Crippen molar-refractivity contribution in [3.63, 3.8) is 0 Å². The fourth-order valence-corrected chi connectivity index (χ4v) is 1.67. The van der Waals surface area contributed by atoms with Crippen LogP contribution in [0.2, 0.25) is 5.02 Å². The van der Waals surface area contributed by atoms with E-state index in [1.807, 2.05) is 0 Å². The van der Waals surface area contributed by atoms with Gasteiger partial charge in [-0.3, -0.25) is 19.7 Å². The molecule has 0 aliphatic rings. The summed E-state index contributed by atoms with van der Waals surface area (Å²) < 4.78 is 9.22. The van der Waals surface area contributed by atoms with E-state index in [1.165, 1.54) is 24.3 Å². The zero-order chi connectivity index (χ0) is 14.6. The summed E-state index contributed by atoms with van der Waals surface area (Å²) in [5.41, 5.74) is -0.243. The van der Waals surface area contributed by atoms with Crippen LogP contribution in [0.3, 0.4) is 0 Å². The van der Waals surface area contributed by atoms with E-state index in [4.69, 9.17) is 11.6 Å². The van der Waals surface area contributed by atoms with Crippen LogP contribution in [-0.2, 0) is 25.0 Å². The number of rotatable bonds is 4. The first-order valence-electron chi connectivity index (χ1n) is 5.08. The number of ether oxygens (including phenoxy) is 2. The Morgan fingerprint density at radius 1 is 1.21 bits per heavy atom. The third-order valence-corrected chi connectivity index (χ3v) is 2.35. The number of carbonyl (C=O) groups excluding carboxylic acids is 2. The molecular formula is C11H10ClNO6. The van der Waals surface area contributed by atoms with Gasteiger partial charge in [-0.2, -0.15) is 0 Å². The topological polar surface area (TPSA) is 95.7 Å². The number of benzene rings is 1. The fraction of sp³-hybridized carbons (Fsp3) is 0.273. The molecule has 0 amide bonds. The number of halogens is 1. The SMILES string of the molecule is CC(=O)OC(OC(C)=O)(c1ccccc1Cl)[N+](=O)[O-]. The maximum atomic E-state index is 11.2. The largest absolute Gasteiger partial charge is 0.561 e. The van der Waals surface area contributed by atoms with Gasteiger partial charge in [-0.25, -0.2) is 0 Å². The minimum absolute atomic E-state index is 0.0679. The highest BCUT2D eigenvalue weighted by Gasteiger charge is 2.55. The molecule has 0 aliphatic heterocycles. The van der Waals surface area contributed by atoms with E-state index in [9.17, 15) is 19.7 Å². The summed E-state index contributed by atoms with van der Waals surface area (Å²) in [6.45, 7) is 1.91. The van der Waals surface area contributed by atoms with Crippen LogP contribution in [0.5, 0.6) is 0 Å². The van der Waals surface area contributed by atoms with Crippen LogP contribution in [0.1, 0.15) is 19.4 Å². The fourth-order valence-electron chi connectivity index (χ4n) is 1.41. The summed E-state index contributed by atoms with van der Waals surface area (Å²) in [6, 6.07) is 5.55. The van der Waals surface area contributed by atoms with Crippen molar-refractivity contribution in [3.8, 4) is 0 Å². The van der Waals surface area contributed by atoms with Gasteiger partial charge in [-0.05, 0) is 12.1 Å². The van der Waals surface area contributed by atoms with Gasteiger partial charge in [0.2, 0.25) is 0 Å². The summed E-state index contributed by atoms with van der Waals surface area (Å²) in [6.07, 6.45) is 0. The molecule has 0 bridgehead atoms. The maximum Gasteiger partial charge on any atom is 0.561 e. The van der Waals surface area contributed by atoms with E-state index >= 15 is 0 Å². The molecule has 1 aromatic carbocycles. The molecule has 1 aromatic rings. The van der Waals surface area contributed by atoms with Crippen molar-refractivity contribution in [2.45, 2.75) is 19.8 Å². The highest BCUT2D eigenvalue weighted by atomic mass is 35.5. The van der Waals surface area contributed by atoms with Crippen LogP contribution in [-0.4, -0.2) is 16.9 Å². The van der Waals surface area contributed by atoms with Crippen molar-refractivity contribution in [1.29, 1.82) is 0 Å². The maximum absolute atomic E-state index is 11.2. The van der Waals surface area contributed by atoms with Crippen molar-refractivity contribution < 1.29 is 24.0 Å². The Morgan fingerprint density at radius 2 is 1.68 bits per heavy atom. The molecule has 0 radical (unpaired) electrons. The molecule has 0 saturated carbocycles. The first-order chi connectivity index (χ1) is 8.79. The second-order valence-corrected chi connectivity index (χ2v) is 3.91. The molecule has 0 heterocycles. The predicted molar refractivity (Wildman–Crippen MR) is 63.7 cm³/mol. The minimum atomic E-state index is -2.78. The third-order valence-electron chi connectivity index (χ3n) is 2.02. The molecule has 0 aromatic heterocycles. The second-order valence-electron chi connectivity index (χ2n) is 3.51. The Kier molecular flexibility index (Phi) is 4.44. The lowest BCUT2D eigenvalue weighted by Crippen LogP contribution is -2.44. The molecule has 0 N–H and O–H groups in total. The van der Waals surface area contributed by atoms with E-state index in [-0.39, 0.29) is 10.6 Å². The number of hydrogen-bond acceptors (Lipinski definition) is 6. The average molecular weight is 288 g/mol. The van der Waals surface area contributed by atoms with E-state index in [2.05, 4.69) is 9.47 Å². The normalized spacial score (nSPS) is 10.7. The summed E-state index contributed by atoms with van der Waals surface area (Å²) in [7, 11) is 0. The van der Waals surface area contributed by atoms with E-state index in [0.29, 0.717) is 0 Å². The number of nitrogens with zero attached hydrogens (tertiary/aromatic N) is 1. The molecule has 7 nitrogen and oxygen atoms in total. The second kappa shape index (κ2) is 5.66. The van der Waals surface area contributed by atoms with Crippen molar-refractivity contribution >= 4 is 23.5 Å². The van der Waals surface area contributed by atoms with E-state index < -0.39 is 22.8 Å². The Hall–Kier alpha value is -2.15. The summed E-state index contributed by atoms with van der Waals surface area (Å²) in [5.74, 6) is -4.76. The highest BCUT2D eigenvalue weighted by Crippen LogP contribution is 2.33. The number of nitro groups is 1. The van der Waals surface area contributed by atoms with Crippen molar-refractivity contribution in [3.05, 3.63) is 45.0 Å². The molecule has 0 saturated heterocycles. The highest BCUT2D eigenvalue weighted by molar-refractivity contribution is 6.31. The van der Waals surface area contributed by atoms with Gasteiger partial charge in [0.15, 0.2) is 0 Å². The molecule has 0 unspecified atom stereocenters. The first kappa shape index (κ1) is 14.9. The van der Waals surface area contributed by atoms with Crippen molar-refractivity contribution in [2.24, 2.45) is 0 Å². The zero-order valence-electron chi connectivity index (χ0n) is 10.1. The van der Waals surface area contributed by atoms with Gasteiger partial charge < -0.3 is 9.47 Å². The quantitative estimate of drug-likeness (QED) is 0.363. The first-order valence-corrected chi connectivity index (χ1v) is 5.46.